The summed E-state index contributed by atoms with van der Waals surface area (Å²) in [6.07, 6.45) is 5.15. The van der Waals surface area contributed by atoms with Gasteiger partial charge >= 0.3 is 0 Å². The number of para-hydroxylation sites is 1. The molecule has 2 aromatic heterocycles. The van der Waals surface area contributed by atoms with Crippen molar-refractivity contribution in [2.75, 3.05) is 24.5 Å². The molecule has 0 radical (unpaired) electrons. The van der Waals surface area contributed by atoms with Crippen LogP contribution >= 0.6 is 11.3 Å². The number of aromatic nitrogens is 2. The van der Waals surface area contributed by atoms with Crippen LogP contribution in [0.1, 0.15) is 24.3 Å². The molecule has 0 spiro atoms. The van der Waals surface area contributed by atoms with Gasteiger partial charge in [-0.1, -0.05) is 18.2 Å². The largest absolute Gasteiger partial charge is 0.361 e. The van der Waals surface area contributed by atoms with Gasteiger partial charge in [0.1, 0.15) is 0 Å². The fourth-order valence-corrected chi connectivity index (χ4v) is 3.80. The lowest BCUT2D eigenvalue weighted by Gasteiger charge is -2.16. The van der Waals surface area contributed by atoms with Crippen molar-refractivity contribution >= 4 is 27.4 Å². The Bertz CT molecular complexity index is 742. The van der Waals surface area contributed by atoms with Gasteiger partial charge in [0.15, 0.2) is 5.13 Å². The Morgan fingerprint density at radius 1 is 1.22 bits per heavy atom. The number of aromatic amines is 1. The molecule has 0 saturated heterocycles. The molecule has 0 aliphatic carbocycles. The van der Waals surface area contributed by atoms with E-state index in [1.54, 1.807) is 11.3 Å². The van der Waals surface area contributed by atoms with Crippen LogP contribution in [0.4, 0.5) is 5.13 Å². The number of hydrogen-bond acceptors (Lipinski definition) is 4. The van der Waals surface area contributed by atoms with E-state index in [0.717, 1.165) is 37.7 Å². The molecule has 122 valence electrons. The van der Waals surface area contributed by atoms with Crippen LogP contribution in [0.25, 0.3) is 10.9 Å². The van der Waals surface area contributed by atoms with E-state index in [2.05, 4.69) is 64.5 Å². The van der Waals surface area contributed by atoms with Gasteiger partial charge in [-0.15, -0.1) is 11.3 Å². The van der Waals surface area contributed by atoms with E-state index < -0.39 is 0 Å². The molecule has 0 aliphatic heterocycles. The number of benzene rings is 1. The van der Waals surface area contributed by atoms with Crippen LogP contribution in [0, 0.1) is 0 Å². The Balaban J connectivity index is 1.50. The number of fused-ring (bicyclic) bond motifs is 1. The monoisotopic (exact) mass is 328 g/mol. The van der Waals surface area contributed by atoms with Crippen molar-refractivity contribution in [1.29, 1.82) is 0 Å². The summed E-state index contributed by atoms with van der Waals surface area (Å²) in [5.41, 5.74) is 2.59. The van der Waals surface area contributed by atoms with Crippen molar-refractivity contribution in [3.8, 4) is 0 Å². The van der Waals surface area contributed by atoms with E-state index in [9.17, 15) is 0 Å². The van der Waals surface area contributed by atoms with Crippen molar-refractivity contribution < 1.29 is 0 Å². The molecule has 3 rings (SSSR count). The Morgan fingerprint density at radius 3 is 2.87 bits per heavy atom. The fraction of sp³-hybridized carbons (Fsp3) is 0.389. The predicted octanol–water partition coefficient (Wildman–Crippen LogP) is 3.80. The lowest BCUT2D eigenvalue weighted by molar-refractivity contribution is 0.694. The average Bonchev–Trinajstić information content (AvgIpc) is 3.20. The van der Waals surface area contributed by atoms with E-state index in [1.165, 1.54) is 21.3 Å². The topological polar surface area (TPSA) is 44.0 Å². The van der Waals surface area contributed by atoms with Crippen molar-refractivity contribution in [2.45, 2.75) is 26.8 Å². The lowest BCUT2D eigenvalue weighted by Crippen LogP contribution is -2.21. The minimum absolute atomic E-state index is 0.890. The van der Waals surface area contributed by atoms with Gasteiger partial charge in [0, 0.05) is 47.8 Å². The maximum Gasteiger partial charge on any atom is 0.185 e. The number of hydrogen-bond donors (Lipinski definition) is 2. The lowest BCUT2D eigenvalue weighted by atomic mass is 10.1. The quantitative estimate of drug-likeness (QED) is 0.618. The number of thiazole rings is 1. The third-order valence-electron chi connectivity index (χ3n) is 4.12. The van der Waals surface area contributed by atoms with E-state index in [-0.39, 0.29) is 0 Å². The highest BCUT2D eigenvalue weighted by Crippen LogP contribution is 2.22. The normalized spacial score (nSPS) is 11.2. The smallest absolute Gasteiger partial charge is 0.185 e. The highest BCUT2D eigenvalue weighted by atomic mass is 32.1. The summed E-state index contributed by atoms with van der Waals surface area (Å²) < 4.78 is 0. The third kappa shape index (κ3) is 3.74. The van der Waals surface area contributed by atoms with Gasteiger partial charge in [-0.3, -0.25) is 0 Å². The number of nitrogens with zero attached hydrogens (tertiary/aromatic N) is 2. The van der Waals surface area contributed by atoms with Crippen LogP contribution in [0.5, 0.6) is 0 Å². The van der Waals surface area contributed by atoms with Crippen LogP contribution in [-0.2, 0) is 13.0 Å². The van der Waals surface area contributed by atoms with Crippen LogP contribution in [0.3, 0.4) is 0 Å². The zero-order valence-electron chi connectivity index (χ0n) is 13.8. The summed E-state index contributed by atoms with van der Waals surface area (Å²) in [6, 6.07) is 8.47. The highest BCUT2D eigenvalue weighted by molar-refractivity contribution is 7.15. The molecule has 4 nitrogen and oxygen atoms in total. The summed E-state index contributed by atoms with van der Waals surface area (Å²) in [6.45, 7) is 8.23. The van der Waals surface area contributed by atoms with E-state index in [0.29, 0.717) is 0 Å². The fourth-order valence-electron chi connectivity index (χ4n) is 2.79. The number of rotatable bonds is 8. The first kappa shape index (κ1) is 16.0. The predicted molar refractivity (Wildman–Crippen MR) is 99.4 cm³/mol. The molecule has 2 heterocycles. The molecule has 0 fully saturated rings. The minimum atomic E-state index is 0.890. The average molecular weight is 328 g/mol. The van der Waals surface area contributed by atoms with E-state index in [1.807, 2.05) is 6.20 Å². The molecule has 0 atom stereocenters. The Morgan fingerprint density at radius 2 is 2.04 bits per heavy atom. The molecular formula is C18H24N4S. The second-order valence-electron chi connectivity index (χ2n) is 5.57. The minimum Gasteiger partial charge on any atom is -0.361 e. The van der Waals surface area contributed by atoms with Crippen molar-refractivity contribution in [3.05, 3.63) is 47.1 Å². The summed E-state index contributed by atoms with van der Waals surface area (Å²) in [7, 11) is 0. The SMILES string of the molecule is CCN(CC)c1ncc(CNCCc2c[nH]c3ccccc23)s1. The second-order valence-corrected chi connectivity index (χ2v) is 6.66. The molecule has 0 unspecified atom stereocenters. The van der Waals surface area contributed by atoms with Crippen LogP contribution < -0.4 is 10.2 Å². The molecule has 5 heteroatoms. The molecule has 3 aromatic rings. The first-order valence-electron chi connectivity index (χ1n) is 8.27. The molecule has 0 amide bonds. The van der Waals surface area contributed by atoms with E-state index >= 15 is 0 Å². The zero-order chi connectivity index (χ0) is 16.1. The van der Waals surface area contributed by atoms with Crippen LogP contribution in [0.15, 0.2) is 36.7 Å². The van der Waals surface area contributed by atoms with Crippen LogP contribution in [-0.4, -0.2) is 29.6 Å². The van der Waals surface area contributed by atoms with Gasteiger partial charge < -0.3 is 15.2 Å². The summed E-state index contributed by atoms with van der Waals surface area (Å²) in [5.74, 6) is 0. The zero-order valence-corrected chi connectivity index (χ0v) is 14.6. The number of nitrogens with one attached hydrogen (secondary N) is 2. The van der Waals surface area contributed by atoms with Gasteiger partial charge in [0.2, 0.25) is 0 Å². The highest BCUT2D eigenvalue weighted by Gasteiger charge is 2.07. The van der Waals surface area contributed by atoms with Gasteiger partial charge in [-0.25, -0.2) is 4.98 Å². The first-order valence-corrected chi connectivity index (χ1v) is 9.08. The third-order valence-corrected chi connectivity index (χ3v) is 5.18. The first-order chi connectivity index (χ1) is 11.3. The molecule has 0 saturated carbocycles. The maximum atomic E-state index is 4.53. The molecule has 0 aliphatic rings. The second kappa shape index (κ2) is 7.62. The summed E-state index contributed by atoms with van der Waals surface area (Å²) >= 11 is 1.79. The maximum absolute atomic E-state index is 4.53. The van der Waals surface area contributed by atoms with Gasteiger partial charge in [-0.2, -0.15) is 0 Å². The summed E-state index contributed by atoms with van der Waals surface area (Å²) in [5, 5.41) is 5.99. The summed E-state index contributed by atoms with van der Waals surface area (Å²) in [4.78, 5) is 11.5. The molecule has 2 N–H and O–H groups in total. The van der Waals surface area contributed by atoms with E-state index in [4.69, 9.17) is 0 Å². The number of H-pyrrole nitrogens is 1. The molecule has 0 bridgehead atoms. The van der Waals surface area contributed by atoms with Crippen LogP contribution in [0.2, 0.25) is 0 Å². The van der Waals surface area contributed by atoms with Gasteiger partial charge in [0.05, 0.1) is 0 Å². The Kier molecular flexibility index (Phi) is 5.31. The molecule has 1 aromatic carbocycles. The Labute approximate surface area is 141 Å². The molecular weight excluding hydrogens is 304 g/mol. The standard InChI is InChI=1S/C18H24N4S/c1-3-22(4-2)18-21-13-15(23-18)12-19-10-9-14-11-20-17-8-6-5-7-16(14)17/h5-8,11,13,19-20H,3-4,9-10,12H2,1-2H3. The van der Waals surface area contributed by atoms with Gasteiger partial charge in [-0.05, 0) is 38.4 Å². The molecule has 23 heavy (non-hydrogen) atoms. The van der Waals surface area contributed by atoms with Crippen molar-refractivity contribution in [2.24, 2.45) is 0 Å². The van der Waals surface area contributed by atoms with Crippen molar-refractivity contribution in [1.82, 2.24) is 15.3 Å². The Hall–Kier alpha value is -1.85. The van der Waals surface area contributed by atoms with Crippen molar-refractivity contribution in [3.63, 3.8) is 0 Å². The number of anilines is 1. The van der Waals surface area contributed by atoms with Gasteiger partial charge in [0.25, 0.3) is 0 Å².